The highest BCUT2D eigenvalue weighted by atomic mass is 32.2. The molecule has 8 nitrogen and oxygen atoms in total. The molecule has 3 aromatic carbocycles. The Balaban J connectivity index is 2.00. The molecular formula is C25H22F2N2O6S. The molecule has 0 aliphatic rings. The second-order valence-corrected chi connectivity index (χ2v) is 9.20. The monoisotopic (exact) mass is 516 g/mol. The number of carbonyl (C=O) groups is 2. The van der Waals surface area contributed by atoms with Gasteiger partial charge in [-0.1, -0.05) is 30.8 Å². The number of sulfonamides is 1. The van der Waals surface area contributed by atoms with Gasteiger partial charge in [0.1, 0.15) is 11.4 Å². The third kappa shape index (κ3) is 5.52. The lowest BCUT2D eigenvalue weighted by Gasteiger charge is -2.26. The summed E-state index contributed by atoms with van der Waals surface area (Å²) in [6.45, 7) is 3.14. The van der Waals surface area contributed by atoms with Gasteiger partial charge in [-0.15, -0.1) is 0 Å². The third-order valence-electron chi connectivity index (χ3n) is 5.15. The van der Waals surface area contributed by atoms with Crippen LogP contribution in [0.5, 0.6) is 5.75 Å². The molecule has 0 aromatic heterocycles. The molecule has 3 aromatic rings. The van der Waals surface area contributed by atoms with E-state index >= 15 is 0 Å². The number of para-hydroxylation sites is 1. The Kier molecular flexibility index (Phi) is 8.05. The average Bonchev–Trinajstić information content (AvgIpc) is 2.88. The molecule has 0 heterocycles. The van der Waals surface area contributed by atoms with E-state index in [1.54, 1.807) is 12.1 Å². The number of esters is 1. The Morgan fingerprint density at radius 3 is 2.28 bits per heavy atom. The van der Waals surface area contributed by atoms with Crippen LogP contribution < -0.4 is 10.1 Å². The number of anilines is 1. The number of nitrogens with one attached hydrogen (secondary N) is 1. The van der Waals surface area contributed by atoms with E-state index in [4.69, 9.17) is 4.74 Å². The number of nitrogens with zero attached hydrogens (tertiary/aromatic N) is 1. The van der Waals surface area contributed by atoms with Gasteiger partial charge in [-0.05, 0) is 48.0 Å². The average molecular weight is 517 g/mol. The van der Waals surface area contributed by atoms with Crippen molar-refractivity contribution in [3.8, 4) is 5.75 Å². The molecule has 0 unspecified atom stereocenters. The van der Waals surface area contributed by atoms with Crippen LogP contribution in [0.2, 0.25) is 0 Å². The number of halogens is 2. The molecule has 0 saturated carbocycles. The lowest BCUT2D eigenvalue weighted by molar-refractivity contribution is -0.137. The van der Waals surface area contributed by atoms with Gasteiger partial charge in [0, 0.05) is 5.69 Å². The Hall–Kier alpha value is -4.25. The zero-order valence-corrected chi connectivity index (χ0v) is 20.1. The van der Waals surface area contributed by atoms with Gasteiger partial charge < -0.3 is 14.8 Å². The highest BCUT2D eigenvalue weighted by Crippen LogP contribution is 2.27. The highest BCUT2D eigenvalue weighted by Gasteiger charge is 2.30. The van der Waals surface area contributed by atoms with Crippen LogP contribution in [0.4, 0.5) is 14.5 Å². The van der Waals surface area contributed by atoms with Crippen molar-refractivity contribution in [2.24, 2.45) is 0 Å². The van der Waals surface area contributed by atoms with Gasteiger partial charge in [-0.3, -0.25) is 9.10 Å². The molecule has 36 heavy (non-hydrogen) atoms. The van der Waals surface area contributed by atoms with Crippen LogP contribution in [-0.4, -0.2) is 38.8 Å². The first-order valence-electron chi connectivity index (χ1n) is 10.4. The summed E-state index contributed by atoms with van der Waals surface area (Å²) in [6, 6.07) is 14.7. The van der Waals surface area contributed by atoms with Gasteiger partial charge in [0.15, 0.2) is 11.6 Å². The molecule has 188 valence electrons. The number of benzene rings is 3. The van der Waals surface area contributed by atoms with Crippen molar-refractivity contribution in [2.45, 2.75) is 11.4 Å². The van der Waals surface area contributed by atoms with E-state index in [1.165, 1.54) is 49.6 Å². The van der Waals surface area contributed by atoms with Crippen molar-refractivity contribution in [1.82, 2.24) is 4.31 Å². The fourth-order valence-electron chi connectivity index (χ4n) is 3.22. The van der Waals surface area contributed by atoms with E-state index in [0.717, 1.165) is 23.5 Å². The standard InChI is InChI=1S/C25H22F2N2O6S/c1-16(25(31)35-3)29(36(32,33)19-13-11-18(34-2)12-14-19)15-17-7-4-5-10-22(17)28-24(30)20-8-6-9-21(26)23(20)27/h4-14H,1,15H2,2-3H3,(H,28,30). The smallest absolute Gasteiger partial charge is 0.354 e. The van der Waals surface area contributed by atoms with Gasteiger partial charge in [0.05, 0.1) is 31.2 Å². The molecule has 3 rings (SSSR count). The normalized spacial score (nSPS) is 10.9. The van der Waals surface area contributed by atoms with Gasteiger partial charge in [-0.25, -0.2) is 22.0 Å². The highest BCUT2D eigenvalue weighted by molar-refractivity contribution is 7.89. The van der Waals surface area contributed by atoms with E-state index < -0.39 is 51.3 Å². The lowest BCUT2D eigenvalue weighted by atomic mass is 10.1. The Labute approximate surface area is 206 Å². The second kappa shape index (κ2) is 11.0. The molecule has 0 radical (unpaired) electrons. The minimum Gasteiger partial charge on any atom is -0.497 e. The molecule has 0 spiro atoms. The number of amides is 1. The van der Waals surface area contributed by atoms with Crippen molar-refractivity contribution in [2.75, 3.05) is 19.5 Å². The molecule has 11 heteroatoms. The topological polar surface area (TPSA) is 102 Å². The van der Waals surface area contributed by atoms with Crippen LogP contribution in [0.1, 0.15) is 15.9 Å². The molecule has 0 fully saturated rings. The maximum atomic E-state index is 14.1. The van der Waals surface area contributed by atoms with Crippen LogP contribution in [0.15, 0.2) is 83.9 Å². The fourth-order valence-corrected chi connectivity index (χ4v) is 4.63. The molecule has 0 bridgehead atoms. The largest absolute Gasteiger partial charge is 0.497 e. The number of hydrogen-bond donors (Lipinski definition) is 1. The van der Waals surface area contributed by atoms with Crippen LogP contribution >= 0.6 is 0 Å². The first kappa shape index (κ1) is 26.4. The summed E-state index contributed by atoms with van der Waals surface area (Å²) in [7, 11) is -1.83. The van der Waals surface area contributed by atoms with Crippen LogP contribution in [0.25, 0.3) is 0 Å². The summed E-state index contributed by atoms with van der Waals surface area (Å²) in [5.41, 5.74) is -0.666. The van der Waals surface area contributed by atoms with E-state index in [0.29, 0.717) is 5.75 Å². The van der Waals surface area contributed by atoms with E-state index in [9.17, 15) is 26.8 Å². The molecule has 1 N–H and O–H groups in total. The number of carbonyl (C=O) groups excluding carboxylic acids is 2. The van der Waals surface area contributed by atoms with Crippen molar-refractivity contribution in [1.29, 1.82) is 0 Å². The summed E-state index contributed by atoms with van der Waals surface area (Å²) in [5, 5.41) is 2.46. The van der Waals surface area contributed by atoms with Crippen LogP contribution in [0.3, 0.4) is 0 Å². The SMILES string of the molecule is C=C(C(=O)OC)N(Cc1ccccc1NC(=O)c1cccc(F)c1F)S(=O)(=O)c1ccc(OC)cc1. The third-order valence-corrected chi connectivity index (χ3v) is 6.94. The van der Waals surface area contributed by atoms with E-state index in [2.05, 4.69) is 16.6 Å². The predicted octanol–water partition coefficient (Wildman–Crippen LogP) is 4.10. The van der Waals surface area contributed by atoms with Crippen molar-refractivity contribution < 1.29 is 36.3 Å². The molecule has 1 amide bonds. The molecule has 0 saturated heterocycles. The Bertz CT molecular complexity index is 1410. The first-order chi connectivity index (χ1) is 17.1. The fraction of sp³-hybridized carbons (Fsp3) is 0.120. The first-order valence-corrected chi connectivity index (χ1v) is 11.8. The minimum atomic E-state index is -4.33. The quantitative estimate of drug-likeness (QED) is 0.339. The summed E-state index contributed by atoms with van der Waals surface area (Å²) in [4.78, 5) is 24.7. The minimum absolute atomic E-state index is 0.110. The Morgan fingerprint density at radius 1 is 0.972 bits per heavy atom. The predicted molar refractivity (Wildman–Crippen MR) is 128 cm³/mol. The van der Waals surface area contributed by atoms with Gasteiger partial charge >= 0.3 is 5.97 Å². The zero-order chi connectivity index (χ0) is 26.5. The maximum absolute atomic E-state index is 14.1. The van der Waals surface area contributed by atoms with Gasteiger partial charge in [0.25, 0.3) is 15.9 Å². The molecule has 0 atom stereocenters. The van der Waals surface area contributed by atoms with Crippen LogP contribution in [-0.2, 0) is 26.1 Å². The second-order valence-electron chi connectivity index (χ2n) is 7.34. The molecular weight excluding hydrogens is 494 g/mol. The summed E-state index contributed by atoms with van der Waals surface area (Å²) < 4.78 is 65.1. The maximum Gasteiger partial charge on any atom is 0.354 e. The molecule has 0 aliphatic heterocycles. The van der Waals surface area contributed by atoms with Crippen molar-refractivity contribution in [3.63, 3.8) is 0 Å². The van der Waals surface area contributed by atoms with Crippen molar-refractivity contribution in [3.05, 3.63) is 102 Å². The summed E-state index contributed by atoms with van der Waals surface area (Å²) in [6.07, 6.45) is 0. The number of methoxy groups -OCH3 is 2. The van der Waals surface area contributed by atoms with E-state index in [1.807, 2.05) is 0 Å². The van der Waals surface area contributed by atoms with Crippen molar-refractivity contribution >= 4 is 27.6 Å². The van der Waals surface area contributed by atoms with Gasteiger partial charge in [0.2, 0.25) is 0 Å². The lowest BCUT2D eigenvalue weighted by Crippen LogP contribution is -2.33. The number of ether oxygens (including phenoxy) is 2. The zero-order valence-electron chi connectivity index (χ0n) is 19.3. The number of hydrogen-bond acceptors (Lipinski definition) is 6. The summed E-state index contributed by atoms with van der Waals surface area (Å²) >= 11 is 0. The Morgan fingerprint density at radius 2 is 1.64 bits per heavy atom. The molecule has 0 aliphatic carbocycles. The van der Waals surface area contributed by atoms with Gasteiger partial charge in [-0.2, -0.15) is 0 Å². The van der Waals surface area contributed by atoms with E-state index in [-0.39, 0.29) is 16.1 Å². The van der Waals surface area contributed by atoms with Crippen LogP contribution in [0, 0.1) is 11.6 Å². The number of rotatable bonds is 9. The summed E-state index contributed by atoms with van der Waals surface area (Å²) in [5.74, 6) is -4.03.